The van der Waals surface area contributed by atoms with Gasteiger partial charge in [0.05, 0.1) is 0 Å². The number of amides is 1. The number of benzene rings is 1. The lowest BCUT2D eigenvalue weighted by molar-refractivity contribution is -0.138. The van der Waals surface area contributed by atoms with Crippen molar-refractivity contribution in [2.24, 2.45) is 0 Å². The van der Waals surface area contributed by atoms with E-state index in [4.69, 9.17) is 16.3 Å². The Kier molecular flexibility index (Phi) is 7.33. The topological polar surface area (TPSA) is 76.8 Å². The highest BCUT2D eigenvalue weighted by atomic mass is 35.5. The van der Waals surface area contributed by atoms with E-state index in [1.807, 2.05) is 32.6 Å². The highest BCUT2D eigenvalue weighted by molar-refractivity contribution is 6.30. The SMILES string of the molecule is CC(Oc1cccc(Cl)c1)C(=O)N1CCN(c2cc(=O)n(C(C)C)c(=O)n2C(C)C)CC1. The molecule has 2 heterocycles. The molecule has 174 valence electrons. The third-order valence-electron chi connectivity index (χ3n) is 5.55. The fraction of sp³-hybridized carbons (Fsp3) is 0.522. The number of aromatic nitrogens is 2. The molecule has 0 N–H and O–H groups in total. The summed E-state index contributed by atoms with van der Waals surface area (Å²) in [4.78, 5) is 42.2. The Morgan fingerprint density at radius 2 is 1.56 bits per heavy atom. The lowest BCUT2D eigenvalue weighted by atomic mass is 10.2. The van der Waals surface area contributed by atoms with Crippen LogP contribution in [0.25, 0.3) is 0 Å². The second-order valence-corrected chi connectivity index (χ2v) is 9.02. The molecule has 9 heteroatoms. The summed E-state index contributed by atoms with van der Waals surface area (Å²) in [6.45, 7) is 11.2. The van der Waals surface area contributed by atoms with Gasteiger partial charge in [-0.3, -0.25) is 18.7 Å². The summed E-state index contributed by atoms with van der Waals surface area (Å²) in [7, 11) is 0. The van der Waals surface area contributed by atoms with Crippen LogP contribution >= 0.6 is 11.6 Å². The number of carbonyl (C=O) groups excluding carboxylic acids is 1. The van der Waals surface area contributed by atoms with Gasteiger partial charge in [-0.2, -0.15) is 0 Å². The molecule has 1 saturated heterocycles. The standard InChI is InChI=1S/C23H31ClN4O4/c1-15(2)27-20(14-21(29)28(16(3)4)23(27)31)25-9-11-26(12-10-25)22(30)17(5)32-19-8-6-7-18(24)13-19/h6-8,13-17H,9-12H2,1-5H3. The van der Waals surface area contributed by atoms with Crippen LogP contribution in [0, 0.1) is 0 Å². The van der Waals surface area contributed by atoms with Gasteiger partial charge in [0.25, 0.3) is 11.5 Å². The molecule has 2 aromatic rings. The van der Waals surface area contributed by atoms with Crippen LogP contribution in [0.2, 0.25) is 5.02 Å². The second kappa shape index (κ2) is 9.81. The Hall–Kier alpha value is -2.74. The molecule has 0 bridgehead atoms. The van der Waals surface area contributed by atoms with Crippen LogP contribution in [0.5, 0.6) is 5.75 Å². The van der Waals surface area contributed by atoms with Crippen molar-refractivity contribution in [1.29, 1.82) is 0 Å². The zero-order chi connectivity index (χ0) is 23.6. The van der Waals surface area contributed by atoms with E-state index in [0.29, 0.717) is 42.8 Å². The summed E-state index contributed by atoms with van der Waals surface area (Å²) in [5, 5.41) is 0.548. The normalized spacial score (nSPS) is 15.4. The highest BCUT2D eigenvalue weighted by Crippen LogP contribution is 2.21. The highest BCUT2D eigenvalue weighted by Gasteiger charge is 2.28. The molecule has 0 spiro atoms. The number of hydrogen-bond acceptors (Lipinski definition) is 5. The van der Waals surface area contributed by atoms with Gasteiger partial charge in [0.15, 0.2) is 6.10 Å². The summed E-state index contributed by atoms with van der Waals surface area (Å²) in [6.07, 6.45) is -0.649. The van der Waals surface area contributed by atoms with E-state index in [0.717, 1.165) is 0 Å². The summed E-state index contributed by atoms with van der Waals surface area (Å²) in [5.41, 5.74) is -0.612. The maximum Gasteiger partial charge on any atom is 0.333 e. The van der Waals surface area contributed by atoms with Crippen LogP contribution in [-0.2, 0) is 4.79 Å². The number of rotatable bonds is 6. The number of anilines is 1. The number of carbonyl (C=O) groups is 1. The molecule has 0 aliphatic carbocycles. The van der Waals surface area contributed by atoms with E-state index in [-0.39, 0.29) is 29.2 Å². The van der Waals surface area contributed by atoms with Crippen molar-refractivity contribution in [3.05, 3.63) is 56.2 Å². The molecule has 1 aromatic carbocycles. The number of halogens is 1. The van der Waals surface area contributed by atoms with Crippen LogP contribution in [0.4, 0.5) is 5.82 Å². The van der Waals surface area contributed by atoms with E-state index in [1.165, 1.54) is 10.6 Å². The third kappa shape index (κ3) is 5.01. The average Bonchev–Trinajstić information content (AvgIpc) is 2.72. The lowest BCUT2D eigenvalue weighted by Crippen LogP contribution is -2.53. The Labute approximate surface area is 193 Å². The first kappa shape index (κ1) is 23.9. The van der Waals surface area contributed by atoms with Gasteiger partial charge in [-0.05, 0) is 52.8 Å². The van der Waals surface area contributed by atoms with Crippen molar-refractivity contribution in [2.45, 2.75) is 52.8 Å². The summed E-state index contributed by atoms with van der Waals surface area (Å²) in [5.74, 6) is 1.03. The molecule has 1 atom stereocenters. The third-order valence-corrected chi connectivity index (χ3v) is 5.79. The van der Waals surface area contributed by atoms with Gasteiger partial charge in [0.2, 0.25) is 0 Å². The molecular weight excluding hydrogens is 432 g/mol. The molecule has 1 amide bonds. The molecule has 0 radical (unpaired) electrons. The maximum atomic E-state index is 13.0. The Morgan fingerprint density at radius 3 is 2.12 bits per heavy atom. The smallest absolute Gasteiger partial charge is 0.333 e. The molecule has 1 aromatic heterocycles. The average molecular weight is 463 g/mol. The molecule has 1 fully saturated rings. The zero-order valence-electron chi connectivity index (χ0n) is 19.2. The largest absolute Gasteiger partial charge is 0.481 e. The fourth-order valence-electron chi connectivity index (χ4n) is 3.97. The van der Waals surface area contributed by atoms with Gasteiger partial charge in [0, 0.05) is 49.4 Å². The summed E-state index contributed by atoms with van der Waals surface area (Å²) >= 11 is 5.99. The van der Waals surface area contributed by atoms with Crippen LogP contribution < -0.4 is 20.9 Å². The van der Waals surface area contributed by atoms with Gasteiger partial charge >= 0.3 is 5.69 Å². The number of hydrogen-bond donors (Lipinski definition) is 0. The minimum Gasteiger partial charge on any atom is -0.481 e. The first-order chi connectivity index (χ1) is 15.1. The van der Waals surface area contributed by atoms with Crippen LogP contribution in [-0.4, -0.2) is 52.2 Å². The molecule has 3 rings (SSSR count). The first-order valence-corrected chi connectivity index (χ1v) is 11.3. The quantitative estimate of drug-likeness (QED) is 0.659. The van der Waals surface area contributed by atoms with Crippen molar-refractivity contribution < 1.29 is 9.53 Å². The van der Waals surface area contributed by atoms with Crippen LogP contribution in [0.15, 0.2) is 39.9 Å². The van der Waals surface area contributed by atoms with Crippen molar-refractivity contribution in [2.75, 3.05) is 31.1 Å². The van der Waals surface area contributed by atoms with Crippen molar-refractivity contribution in [3.63, 3.8) is 0 Å². The maximum absolute atomic E-state index is 13.0. The van der Waals surface area contributed by atoms with Gasteiger partial charge in [-0.25, -0.2) is 4.79 Å². The van der Waals surface area contributed by atoms with Crippen molar-refractivity contribution >= 4 is 23.3 Å². The lowest BCUT2D eigenvalue weighted by Gasteiger charge is -2.38. The van der Waals surface area contributed by atoms with E-state index in [2.05, 4.69) is 0 Å². The van der Waals surface area contributed by atoms with Gasteiger partial charge in [0.1, 0.15) is 11.6 Å². The van der Waals surface area contributed by atoms with E-state index >= 15 is 0 Å². The first-order valence-electron chi connectivity index (χ1n) is 10.9. The van der Waals surface area contributed by atoms with Gasteiger partial charge in [-0.15, -0.1) is 0 Å². The van der Waals surface area contributed by atoms with Crippen molar-refractivity contribution in [1.82, 2.24) is 14.0 Å². The van der Waals surface area contributed by atoms with Crippen LogP contribution in [0.3, 0.4) is 0 Å². The van der Waals surface area contributed by atoms with Crippen molar-refractivity contribution in [3.8, 4) is 5.75 Å². The van der Waals surface area contributed by atoms with E-state index < -0.39 is 6.10 Å². The summed E-state index contributed by atoms with van der Waals surface area (Å²) in [6, 6.07) is 8.17. The monoisotopic (exact) mass is 462 g/mol. The van der Waals surface area contributed by atoms with Crippen LogP contribution in [0.1, 0.15) is 46.7 Å². The van der Waals surface area contributed by atoms with Gasteiger partial charge in [-0.1, -0.05) is 17.7 Å². The fourth-order valence-corrected chi connectivity index (χ4v) is 4.15. The minimum atomic E-state index is -0.649. The predicted octanol–water partition coefficient (Wildman–Crippen LogP) is 2.94. The molecule has 8 nitrogen and oxygen atoms in total. The number of nitrogens with zero attached hydrogens (tertiary/aromatic N) is 4. The van der Waals surface area contributed by atoms with E-state index in [1.54, 1.807) is 40.7 Å². The predicted molar refractivity (Wildman–Crippen MR) is 126 cm³/mol. The molecular formula is C23H31ClN4O4. The molecule has 32 heavy (non-hydrogen) atoms. The Balaban J connectivity index is 1.73. The Morgan fingerprint density at radius 1 is 0.938 bits per heavy atom. The minimum absolute atomic E-state index is 0.103. The second-order valence-electron chi connectivity index (χ2n) is 8.58. The number of piperazine rings is 1. The molecule has 1 aliphatic heterocycles. The van der Waals surface area contributed by atoms with Gasteiger partial charge < -0.3 is 14.5 Å². The van der Waals surface area contributed by atoms with E-state index in [9.17, 15) is 14.4 Å². The summed E-state index contributed by atoms with van der Waals surface area (Å²) < 4.78 is 8.69. The number of ether oxygens (including phenoxy) is 1. The zero-order valence-corrected chi connectivity index (χ0v) is 20.0. The molecule has 1 aliphatic rings. The Bertz CT molecular complexity index is 1080. The molecule has 0 saturated carbocycles. The molecule has 1 unspecified atom stereocenters.